The summed E-state index contributed by atoms with van der Waals surface area (Å²) in [4.78, 5) is 14.8. The summed E-state index contributed by atoms with van der Waals surface area (Å²) in [6.45, 7) is 0.783. The van der Waals surface area contributed by atoms with E-state index in [1.807, 2.05) is 24.3 Å². The molecule has 0 amide bonds. The smallest absolute Gasteiger partial charge is 0.278 e. The fourth-order valence-corrected chi connectivity index (χ4v) is 2.18. The van der Waals surface area contributed by atoms with E-state index < -0.39 is 4.92 Å². The van der Waals surface area contributed by atoms with Gasteiger partial charge >= 0.3 is 0 Å². The van der Waals surface area contributed by atoms with Gasteiger partial charge in [0.2, 0.25) is 0 Å². The lowest BCUT2D eigenvalue weighted by Gasteiger charge is -2.25. The SMILES string of the molecule is O=[N+]([O-])c1ccccc1C=NCC1COc2ccccc2O1. The van der Waals surface area contributed by atoms with Gasteiger partial charge in [-0.05, 0) is 18.2 Å². The maximum atomic E-state index is 10.9. The average Bonchev–Trinajstić information content (AvgIpc) is 2.55. The first-order valence-electron chi connectivity index (χ1n) is 6.86. The number of ether oxygens (including phenoxy) is 2. The van der Waals surface area contributed by atoms with Gasteiger partial charge in [0.1, 0.15) is 6.61 Å². The van der Waals surface area contributed by atoms with Gasteiger partial charge in [-0.25, -0.2) is 0 Å². The van der Waals surface area contributed by atoms with Crippen LogP contribution in [0.4, 0.5) is 5.69 Å². The van der Waals surface area contributed by atoms with Crippen LogP contribution in [0.2, 0.25) is 0 Å². The van der Waals surface area contributed by atoms with Crippen molar-refractivity contribution in [1.29, 1.82) is 0 Å². The third kappa shape index (κ3) is 3.06. The molecule has 6 heteroatoms. The molecule has 3 rings (SSSR count). The Morgan fingerprint density at radius 2 is 1.91 bits per heavy atom. The topological polar surface area (TPSA) is 74.0 Å². The number of para-hydroxylation sites is 3. The molecule has 1 aliphatic heterocycles. The van der Waals surface area contributed by atoms with E-state index in [-0.39, 0.29) is 11.8 Å². The van der Waals surface area contributed by atoms with Crippen LogP contribution in [0.1, 0.15) is 5.56 Å². The third-order valence-corrected chi connectivity index (χ3v) is 3.24. The van der Waals surface area contributed by atoms with Gasteiger partial charge in [-0.2, -0.15) is 0 Å². The summed E-state index contributed by atoms with van der Waals surface area (Å²) in [6.07, 6.45) is 1.30. The number of aliphatic imine (C=N–C) groups is 1. The van der Waals surface area contributed by atoms with Crippen molar-refractivity contribution in [2.24, 2.45) is 4.99 Å². The van der Waals surface area contributed by atoms with Gasteiger partial charge in [0.15, 0.2) is 17.6 Å². The molecule has 0 fully saturated rings. The first-order chi connectivity index (χ1) is 10.7. The second-order valence-electron chi connectivity index (χ2n) is 4.81. The second kappa shape index (κ2) is 6.26. The largest absolute Gasteiger partial charge is 0.486 e. The lowest BCUT2D eigenvalue weighted by Crippen LogP contribution is -2.31. The molecule has 112 valence electrons. The predicted molar refractivity (Wildman–Crippen MR) is 81.9 cm³/mol. The van der Waals surface area contributed by atoms with Crippen molar-refractivity contribution in [1.82, 2.24) is 0 Å². The average molecular weight is 298 g/mol. The third-order valence-electron chi connectivity index (χ3n) is 3.24. The van der Waals surface area contributed by atoms with E-state index in [2.05, 4.69) is 4.99 Å². The Morgan fingerprint density at radius 1 is 1.18 bits per heavy atom. The van der Waals surface area contributed by atoms with Crippen LogP contribution in [0, 0.1) is 10.1 Å². The van der Waals surface area contributed by atoms with Crippen LogP contribution in [0.3, 0.4) is 0 Å². The Balaban J connectivity index is 1.65. The number of rotatable bonds is 4. The number of hydrogen-bond acceptors (Lipinski definition) is 5. The van der Waals surface area contributed by atoms with Crippen LogP contribution in [-0.4, -0.2) is 30.4 Å². The van der Waals surface area contributed by atoms with Crippen molar-refractivity contribution in [3.63, 3.8) is 0 Å². The molecule has 0 saturated heterocycles. The van der Waals surface area contributed by atoms with Crippen LogP contribution in [-0.2, 0) is 0 Å². The first-order valence-corrected chi connectivity index (χ1v) is 6.86. The van der Waals surface area contributed by atoms with Crippen molar-refractivity contribution in [3.8, 4) is 11.5 Å². The quantitative estimate of drug-likeness (QED) is 0.494. The van der Waals surface area contributed by atoms with E-state index in [1.54, 1.807) is 18.2 Å². The second-order valence-corrected chi connectivity index (χ2v) is 4.81. The maximum Gasteiger partial charge on any atom is 0.278 e. The Bertz CT molecular complexity index is 715. The summed E-state index contributed by atoms with van der Waals surface area (Å²) < 4.78 is 11.4. The monoisotopic (exact) mass is 298 g/mol. The zero-order chi connectivity index (χ0) is 15.4. The van der Waals surface area contributed by atoms with Crippen LogP contribution in [0.25, 0.3) is 0 Å². The van der Waals surface area contributed by atoms with Gasteiger partial charge in [0.05, 0.1) is 17.0 Å². The molecular formula is C16H14N2O4. The molecule has 0 saturated carbocycles. The lowest BCUT2D eigenvalue weighted by molar-refractivity contribution is -0.385. The molecule has 0 aliphatic carbocycles. The Morgan fingerprint density at radius 3 is 2.73 bits per heavy atom. The van der Waals surface area contributed by atoms with Gasteiger partial charge in [0, 0.05) is 12.3 Å². The van der Waals surface area contributed by atoms with Crippen molar-refractivity contribution in [3.05, 3.63) is 64.2 Å². The van der Waals surface area contributed by atoms with Crippen molar-refractivity contribution >= 4 is 11.9 Å². The highest BCUT2D eigenvalue weighted by molar-refractivity contribution is 5.85. The van der Waals surface area contributed by atoms with E-state index in [0.717, 1.165) is 5.75 Å². The molecule has 1 aliphatic rings. The van der Waals surface area contributed by atoms with E-state index >= 15 is 0 Å². The highest BCUT2D eigenvalue weighted by Crippen LogP contribution is 2.30. The first kappa shape index (κ1) is 14.1. The van der Waals surface area contributed by atoms with Crippen molar-refractivity contribution in [2.75, 3.05) is 13.2 Å². The summed E-state index contributed by atoms with van der Waals surface area (Å²) in [5.74, 6) is 1.42. The standard InChI is InChI=1S/C16H14N2O4/c19-18(20)14-6-2-1-5-12(14)9-17-10-13-11-21-15-7-3-4-8-16(15)22-13/h1-9,13H,10-11H2. The summed E-state index contributed by atoms with van der Waals surface area (Å²) >= 11 is 0. The highest BCUT2D eigenvalue weighted by atomic mass is 16.6. The van der Waals surface area contributed by atoms with Gasteiger partial charge in [-0.1, -0.05) is 24.3 Å². The fourth-order valence-electron chi connectivity index (χ4n) is 2.18. The molecule has 0 aromatic heterocycles. The van der Waals surface area contributed by atoms with E-state index in [9.17, 15) is 10.1 Å². The summed E-state index contributed by atoms with van der Waals surface area (Å²) in [6, 6.07) is 13.9. The van der Waals surface area contributed by atoms with Gasteiger partial charge < -0.3 is 9.47 Å². The highest BCUT2D eigenvalue weighted by Gasteiger charge is 2.20. The number of benzene rings is 2. The summed E-state index contributed by atoms with van der Waals surface area (Å²) in [5, 5.41) is 10.9. The minimum atomic E-state index is -0.419. The number of hydrogen-bond donors (Lipinski definition) is 0. The minimum absolute atomic E-state index is 0.0393. The van der Waals surface area contributed by atoms with Crippen molar-refractivity contribution < 1.29 is 14.4 Å². The molecule has 2 aromatic rings. The number of nitrogens with zero attached hydrogens (tertiary/aromatic N) is 2. The Kier molecular flexibility index (Phi) is 4.00. The fraction of sp³-hybridized carbons (Fsp3) is 0.188. The summed E-state index contributed by atoms with van der Waals surface area (Å²) in [5.41, 5.74) is 0.516. The predicted octanol–water partition coefficient (Wildman–Crippen LogP) is 2.85. The molecule has 1 unspecified atom stereocenters. The molecule has 0 bridgehead atoms. The van der Waals surface area contributed by atoms with Gasteiger partial charge in [-0.15, -0.1) is 0 Å². The Hall–Kier alpha value is -2.89. The number of nitro groups is 1. The molecule has 0 spiro atoms. The molecule has 22 heavy (non-hydrogen) atoms. The minimum Gasteiger partial charge on any atom is -0.486 e. The van der Waals surface area contributed by atoms with E-state index in [0.29, 0.717) is 24.5 Å². The summed E-state index contributed by atoms with van der Waals surface area (Å²) in [7, 11) is 0. The van der Waals surface area contributed by atoms with Crippen molar-refractivity contribution in [2.45, 2.75) is 6.10 Å². The van der Waals surface area contributed by atoms with Crippen LogP contribution in [0.15, 0.2) is 53.5 Å². The van der Waals surface area contributed by atoms with Gasteiger partial charge in [-0.3, -0.25) is 15.1 Å². The van der Waals surface area contributed by atoms with Crippen LogP contribution < -0.4 is 9.47 Å². The van der Waals surface area contributed by atoms with Crippen LogP contribution in [0.5, 0.6) is 11.5 Å². The molecule has 0 radical (unpaired) electrons. The maximum absolute atomic E-state index is 10.9. The number of nitro benzene ring substituents is 1. The molecular weight excluding hydrogens is 284 g/mol. The number of fused-ring (bicyclic) bond motifs is 1. The molecule has 0 N–H and O–H groups in total. The van der Waals surface area contributed by atoms with Crippen LogP contribution >= 0.6 is 0 Å². The molecule has 1 atom stereocenters. The van der Waals surface area contributed by atoms with E-state index in [4.69, 9.17) is 9.47 Å². The Labute approximate surface area is 127 Å². The lowest BCUT2D eigenvalue weighted by atomic mass is 10.2. The molecule has 6 nitrogen and oxygen atoms in total. The van der Waals surface area contributed by atoms with E-state index in [1.165, 1.54) is 12.3 Å². The van der Waals surface area contributed by atoms with Gasteiger partial charge in [0.25, 0.3) is 5.69 Å². The molecule has 2 aromatic carbocycles. The zero-order valence-electron chi connectivity index (χ0n) is 11.7. The zero-order valence-corrected chi connectivity index (χ0v) is 11.7. The normalized spacial score (nSPS) is 16.6. The molecule has 1 heterocycles.